The lowest BCUT2D eigenvalue weighted by Crippen LogP contribution is -2.25. The number of nitrogens with one attached hydrogen (secondary N) is 1. The van der Waals surface area contributed by atoms with E-state index < -0.39 is 0 Å². The van der Waals surface area contributed by atoms with E-state index in [-0.39, 0.29) is 6.04 Å². The second kappa shape index (κ2) is 6.19. The number of rotatable bonds is 6. The van der Waals surface area contributed by atoms with Crippen LogP contribution in [0, 0.1) is 0 Å². The Kier molecular flexibility index (Phi) is 4.83. The zero-order chi connectivity index (χ0) is 11.1. The molecule has 1 aromatic rings. The van der Waals surface area contributed by atoms with Gasteiger partial charge in [0, 0.05) is 12.6 Å². The predicted molar refractivity (Wildman–Crippen MR) is 60.0 cm³/mol. The standard InChI is InChI=1S/C10H18N4O/c1-3-4-15-10-7-12-6-9(14-10)13-8(2)5-11/h6-8H,3-5,11H2,1-2H3,(H,13,14). The van der Waals surface area contributed by atoms with Crippen LogP contribution in [0.15, 0.2) is 12.4 Å². The van der Waals surface area contributed by atoms with E-state index in [1.807, 2.05) is 13.8 Å². The largest absolute Gasteiger partial charge is 0.477 e. The normalized spacial score (nSPS) is 12.2. The summed E-state index contributed by atoms with van der Waals surface area (Å²) in [5, 5.41) is 3.13. The Hall–Kier alpha value is -1.36. The van der Waals surface area contributed by atoms with E-state index in [1.165, 1.54) is 0 Å². The third-order valence-corrected chi connectivity index (χ3v) is 1.81. The van der Waals surface area contributed by atoms with Crippen LogP contribution in [0.3, 0.4) is 0 Å². The molecule has 0 fully saturated rings. The molecule has 0 spiro atoms. The number of hydrogen-bond acceptors (Lipinski definition) is 5. The lowest BCUT2D eigenvalue weighted by Gasteiger charge is -2.12. The summed E-state index contributed by atoms with van der Waals surface area (Å²) in [6.45, 7) is 5.25. The van der Waals surface area contributed by atoms with Gasteiger partial charge in [-0.3, -0.25) is 4.98 Å². The van der Waals surface area contributed by atoms with Gasteiger partial charge >= 0.3 is 0 Å². The highest BCUT2D eigenvalue weighted by Gasteiger charge is 2.02. The van der Waals surface area contributed by atoms with E-state index in [0.29, 0.717) is 24.8 Å². The number of nitrogens with zero attached hydrogens (tertiary/aromatic N) is 2. The van der Waals surface area contributed by atoms with Crippen molar-refractivity contribution in [1.82, 2.24) is 9.97 Å². The summed E-state index contributed by atoms with van der Waals surface area (Å²) in [6.07, 6.45) is 4.22. The smallest absolute Gasteiger partial charge is 0.234 e. The SMILES string of the molecule is CCCOc1cncc(NC(C)CN)n1. The van der Waals surface area contributed by atoms with Crippen LogP contribution < -0.4 is 15.8 Å². The third kappa shape index (κ3) is 4.12. The third-order valence-electron chi connectivity index (χ3n) is 1.81. The van der Waals surface area contributed by atoms with Crippen molar-refractivity contribution in [2.75, 3.05) is 18.5 Å². The average molecular weight is 210 g/mol. The van der Waals surface area contributed by atoms with E-state index >= 15 is 0 Å². The molecule has 84 valence electrons. The number of ether oxygens (including phenoxy) is 1. The summed E-state index contributed by atoms with van der Waals surface area (Å²) in [7, 11) is 0. The molecule has 0 aliphatic carbocycles. The summed E-state index contributed by atoms with van der Waals surface area (Å²) in [4.78, 5) is 8.28. The number of hydrogen-bond donors (Lipinski definition) is 2. The molecule has 5 heteroatoms. The molecule has 0 saturated carbocycles. The second-order valence-electron chi connectivity index (χ2n) is 3.37. The average Bonchev–Trinajstić information content (AvgIpc) is 2.26. The minimum atomic E-state index is 0.181. The van der Waals surface area contributed by atoms with E-state index in [0.717, 1.165) is 6.42 Å². The predicted octanol–water partition coefficient (Wildman–Crippen LogP) is 1.02. The van der Waals surface area contributed by atoms with Gasteiger partial charge in [0.2, 0.25) is 5.88 Å². The maximum Gasteiger partial charge on any atom is 0.234 e. The van der Waals surface area contributed by atoms with Crippen LogP contribution in [0.4, 0.5) is 5.82 Å². The molecular weight excluding hydrogens is 192 g/mol. The fourth-order valence-corrected chi connectivity index (χ4v) is 1.01. The Morgan fingerprint density at radius 2 is 2.33 bits per heavy atom. The number of aromatic nitrogens is 2. The summed E-state index contributed by atoms with van der Waals surface area (Å²) >= 11 is 0. The summed E-state index contributed by atoms with van der Waals surface area (Å²) < 4.78 is 5.37. The van der Waals surface area contributed by atoms with Crippen molar-refractivity contribution in [3.63, 3.8) is 0 Å². The van der Waals surface area contributed by atoms with E-state index in [2.05, 4.69) is 15.3 Å². The number of nitrogens with two attached hydrogens (primary N) is 1. The summed E-state index contributed by atoms with van der Waals surface area (Å²) in [5.74, 6) is 1.24. The molecule has 0 saturated heterocycles. The highest BCUT2D eigenvalue weighted by Crippen LogP contribution is 2.09. The first kappa shape index (κ1) is 11.7. The van der Waals surface area contributed by atoms with Crippen LogP contribution in [-0.4, -0.2) is 29.2 Å². The Morgan fingerprint density at radius 3 is 3.00 bits per heavy atom. The molecule has 15 heavy (non-hydrogen) atoms. The van der Waals surface area contributed by atoms with Crippen LogP contribution >= 0.6 is 0 Å². The zero-order valence-electron chi connectivity index (χ0n) is 9.23. The van der Waals surface area contributed by atoms with Gasteiger partial charge < -0.3 is 15.8 Å². The molecule has 0 bridgehead atoms. The maximum atomic E-state index is 5.50. The van der Waals surface area contributed by atoms with Crippen LogP contribution in [0.1, 0.15) is 20.3 Å². The van der Waals surface area contributed by atoms with Gasteiger partial charge in [-0.05, 0) is 13.3 Å². The zero-order valence-corrected chi connectivity index (χ0v) is 9.23. The molecular formula is C10H18N4O. The molecule has 1 aromatic heterocycles. The Morgan fingerprint density at radius 1 is 1.53 bits per heavy atom. The van der Waals surface area contributed by atoms with E-state index in [9.17, 15) is 0 Å². The minimum absolute atomic E-state index is 0.181. The van der Waals surface area contributed by atoms with Crippen LogP contribution in [-0.2, 0) is 0 Å². The Labute approximate surface area is 90.1 Å². The molecule has 1 atom stereocenters. The lowest BCUT2D eigenvalue weighted by molar-refractivity contribution is 0.304. The highest BCUT2D eigenvalue weighted by atomic mass is 16.5. The van der Waals surface area contributed by atoms with E-state index in [4.69, 9.17) is 10.5 Å². The molecule has 3 N–H and O–H groups in total. The molecule has 1 rings (SSSR count). The van der Waals surface area contributed by atoms with Gasteiger partial charge in [-0.2, -0.15) is 4.98 Å². The van der Waals surface area contributed by atoms with Gasteiger partial charge in [0.25, 0.3) is 0 Å². The first-order valence-corrected chi connectivity index (χ1v) is 5.17. The fraction of sp³-hybridized carbons (Fsp3) is 0.600. The van der Waals surface area contributed by atoms with Gasteiger partial charge in [0.05, 0.1) is 19.0 Å². The van der Waals surface area contributed by atoms with Gasteiger partial charge in [-0.15, -0.1) is 0 Å². The van der Waals surface area contributed by atoms with Crippen molar-refractivity contribution in [2.45, 2.75) is 26.3 Å². The van der Waals surface area contributed by atoms with Crippen molar-refractivity contribution in [1.29, 1.82) is 0 Å². The van der Waals surface area contributed by atoms with Crippen molar-refractivity contribution >= 4 is 5.82 Å². The van der Waals surface area contributed by atoms with Crippen molar-refractivity contribution in [3.8, 4) is 5.88 Å². The van der Waals surface area contributed by atoms with E-state index in [1.54, 1.807) is 12.4 Å². The first-order valence-electron chi connectivity index (χ1n) is 5.17. The quantitative estimate of drug-likeness (QED) is 0.733. The highest BCUT2D eigenvalue weighted by molar-refractivity contribution is 5.34. The summed E-state index contributed by atoms with van der Waals surface area (Å²) in [5.41, 5.74) is 5.50. The monoisotopic (exact) mass is 210 g/mol. The van der Waals surface area contributed by atoms with Gasteiger partial charge in [0.15, 0.2) is 0 Å². The van der Waals surface area contributed by atoms with Crippen LogP contribution in [0.5, 0.6) is 5.88 Å². The molecule has 0 aromatic carbocycles. The molecule has 1 heterocycles. The molecule has 1 unspecified atom stereocenters. The van der Waals surface area contributed by atoms with Crippen molar-refractivity contribution in [3.05, 3.63) is 12.4 Å². The molecule has 0 aliphatic heterocycles. The topological polar surface area (TPSA) is 73.1 Å². The maximum absolute atomic E-state index is 5.50. The molecule has 5 nitrogen and oxygen atoms in total. The minimum Gasteiger partial charge on any atom is -0.477 e. The van der Waals surface area contributed by atoms with Gasteiger partial charge in [0.1, 0.15) is 5.82 Å². The van der Waals surface area contributed by atoms with Crippen LogP contribution in [0.2, 0.25) is 0 Å². The van der Waals surface area contributed by atoms with Crippen LogP contribution in [0.25, 0.3) is 0 Å². The molecule has 0 aliphatic rings. The molecule has 0 amide bonds. The first-order chi connectivity index (χ1) is 7.26. The number of anilines is 1. The van der Waals surface area contributed by atoms with Gasteiger partial charge in [-0.25, -0.2) is 0 Å². The fourth-order valence-electron chi connectivity index (χ4n) is 1.01. The Balaban J connectivity index is 2.57. The van der Waals surface area contributed by atoms with Crippen molar-refractivity contribution < 1.29 is 4.74 Å². The summed E-state index contributed by atoms with van der Waals surface area (Å²) in [6, 6.07) is 0.181. The van der Waals surface area contributed by atoms with Gasteiger partial charge in [-0.1, -0.05) is 6.92 Å². The molecule has 0 radical (unpaired) electrons. The lowest BCUT2D eigenvalue weighted by atomic mass is 10.3. The Bertz CT molecular complexity index is 293. The van der Waals surface area contributed by atoms with Crippen molar-refractivity contribution in [2.24, 2.45) is 5.73 Å². The second-order valence-corrected chi connectivity index (χ2v) is 3.37.